The van der Waals surface area contributed by atoms with Gasteiger partial charge in [0.1, 0.15) is 5.69 Å². The highest BCUT2D eigenvalue weighted by atomic mass is 79.9. The number of nitrogens with zero attached hydrogens (tertiary/aromatic N) is 2. The molecule has 4 nitrogen and oxygen atoms in total. The standard InChI is InChI=1S/C14H10BrN3O/c15-11-5-1-3-9(7-11)13-12(14(16)19-18-13)10-4-2-6-17-8-10/h1-8H,16H2. The van der Waals surface area contributed by atoms with E-state index in [1.165, 1.54) is 0 Å². The molecule has 2 N–H and O–H groups in total. The molecule has 5 heteroatoms. The zero-order valence-electron chi connectivity index (χ0n) is 9.88. The first-order chi connectivity index (χ1) is 9.25. The fraction of sp³-hybridized carbons (Fsp3) is 0. The smallest absolute Gasteiger partial charge is 0.230 e. The monoisotopic (exact) mass is 315 g/mol. The maximum absolute atomic E-state index is 5.88. The highest BCUT2D eigenvalue weighted by molar-refractivity contribution is 9.10. The van der Waals surface area contributed by atoms with E-state index in [4.69, 9.17) is 10.3 Å². The van der Waals surface area contributed by atoms with E-state index < -0.39 is 0 Å². The van der Waals surface area contributed by atoms with Crippen LogP contribution in [0.15, 0.2) is 57.8 Å². The Bertz CT molecular complexity index is 710. The average molecular weight is 316 g/mol. The van der Waals surface area contributed by atoms with E-state index in [9.17, 15) is 0 Å². The molecule has 0 unspecified atom stereocenters. The summed E-state index contributed by atoms with van der Waals surface area (Å²) in [5.74, 6) is 0.294. The number of benzene rings is 1. The molecule has 2 heterocycles. The van der Waals surface area contributed by atoms with Crippen LogP contribution in [0.2, 0.25) is 0 Å². The van der Waals surface area contributed by atoms with E-state index in [0.717, 1.165) is 21.2 Å². The normalized spacial score (nSPS) is 10.6. The molecule has 1 aromatic carbocycles. The number of nitrogen functional groups attached to an aromatic ring is 1. The highest BCUT2D eigenvalue weighted by Crippen LogP contribution is 2.36. The number of anilines is 1. The highest BCUT2D eigenvalue weighted by Gasteiger charge is 2.17. The topological polar surface area (TPSA) is 64.9 Å². The minimum Gasteiger partial charge on any atom is -0.367 e. The Morgan fingerprint density at radius 2 is 1.95 bits per heavy atom. The van der Waals surface area contributed by atoms with Crippen LogP contribution >= 0.6 is 15.9 Å². The van der Waals surface area contributed by atoms with Crippen LogP contribution in [0.25, 0.3) is 22.4 Å². The molecule has 2 aromatic heterocycles. The van der Waals surface area contributed by atoms with Gasteiger partial charge >= 0.3 is 0 Å². The molecule has 94 valence electrons. The Morgan fingerprint density at radius 3 is 2.68 bits per heavy atom. The van der Waals surface area contributed by atoms with Gasteiger partial charge in [0.25, 0.3) is 0 Å². The molecule has 0 saturated carbocycles. The summed E-state index contributed by atoms with van der Waals surface area (Å²) in [6.45, 7) is 0. The van der Waals surface area contributed by atoms with Gasteiger partial charge in [0, 0.05) is 28.0 Å². The minimum atomic E-state index is 0.294. The Balaban J connectivity index is 2.19. The molecule has 0 amide bonds. The maximum atomic E-state index is 5.88. The molecule has 0 aliphatic rings. The van der Waals surface area contributed by atoms with Crippen molar-refractivity contribution in [3.63, 3.8) is 0 Å². The zero-order valence-corrected chi connectivity index (χ0v) is 11.5. The number of rotatable bonds is 2. The van der Waals surface area contributed by atoms with Crippen molar-refractivity contribution < 1.29 is 4.52 Å². The summed E-state index contributed by atoms with van der Waals surface area (Å²) >= 11 is 3.45. The molecular formula is C14H10BrN3O. The van der Waals surface area contributed by atoms with Crippen LogP contribution in [0.3, 0.4) is 0 Å². The number of aromatic nitrogens is 2. The number of hydrogen-bond acceptors (Lipinski definition) is 4. The van der Waals surface area contributed by atoms with Crippen molar-refractivity contribution in [1.82, 2.24) is 10.1 Å². The summed E-state index contributed by atoms with van der Waals surface area (Å²) in [5.41, 5.74) is 9.19. The lowest BCUT2D eigenvalue weighted by molar-refractivity contribution is 0.439. The van der Waals surface area contributed by atoms with Crippen molar-refractivity contribution in [2.75, 3.05) is 5.73 Å². The van der Waals surface area contributed by atoms with E-state index in [0.29, 0.717) is 11.6 Å². The molecule has 3 aromatic rings. The number of halogens is 1. The van der Waals surface area contributed by atoms with Crippen LogP contribution in [-0.2, 0) is 0 Å². The third-order valence-electron chi connectivity index (χ3n) is 2.77. The van der Waals surface area contributed by atoms with Crippen molar-refractivity contribution in [3.05, 3.63) is 53.3 Å². The predicted octanol–water partition coefficient (Wildman–Crippen LogP) is 3.75. The Morgan fingerprint density at radius 1 is 1.11 bits per heavy atom. The van der Waals surface area contributed by atoms with Gasteiger partial charge in [-0.2, -0.15) is 0 Å². The second-order valence-electron chi connectivity index (χ2n) is 4.02. The zero-order chi connectivity index (χ0) is 13.2. The quantitative estimate of drug-likeness (QED) is 0.782. The fourth-order valence-electron chi connectivity index (χ4n) is 1.93. The third-order valence-corrected chi connectivity index (χ3v) is 3.26. The van der Waals surface area contributed by atoms with Crippen LogP contribution in [0.5, 0.6) is 0 Å². The lowest BCUT2D eigenvalue weighted by atomic mass is 10.0. The van der Waals surface area contributed by atoms with Gasteiger partial charge in [-0.25, -0.2) is 0 Å². The van der Waals surface area contributed by atoms with E-state index in [-0.39, 0.29) is 0 Å². The van der Waals surface area contributed by atoms with Gasteiger partial charge in [0.05, 0.1) is 5.56 Å². The summed E-state index contributed by atoms with van der Waals surface area (Å²) < 4.78 is 6.10. The first-order valence-corrected chi connectivity index (χ1v) is 6.46. The largest absolute Gasteiger partial charge is 0.367 e. The van der Waals surface area contributed by atoms with Crippen LogP contribution in [-0.4, -0.2) is 10.1 Å². The average Bonchev–Trinajstić information content (AvgIpc) is 2.82. The van der Waals surface area contributed by atoms with Crippen molar-refractivity contribution >= 4 is 21.8 Å². The van der Waals surface area contributed by atoms with Crippen LogP contribution in [0.1, 0.15) is 0 Å². The molecule has 19 heavy (non-hydrogen) atoms. The second-order valence-corrected chi connectivity index (χ2v) is 4.94. The minimum absolute atomic E-state index is 0.294. The molecule has 0 aliphatic carbocycles. The Hall–Kier alpha value is -2.14. The van der Waals surface area contributed by atoms with Gasteiger partial charge in [0.2, 0.25) is 5.88 Å². The molecule has 0 aliphatic heterocycles. The van der Waals surface area contributed by atoms with E-state index >= 15 is 0 Å². The van der Waals surface area contributed by atoms with Crippen LogP contribution < -0.4 is 5.73 Å². The number of pyridine rings is 1. The van der Waals surface area contributed by atoms with Gasteiger partial charge in [0.15, 0.2) is 0 Å². The lowest BCUT2D eigenvalue weighted by Gasteiger charge is -2.02. The fourth-order valence-corrected chi connectivity index (χ4v) is 2.32. The molecule has 0 radical (unpaired) electrons. The predicted molar refractivity (Wildman–Crippen MR) is 77.3 cm³/mol. The molecule has 0 saturated heterocycles. The van der Waals surface area contributed by atoms with Crippen molar-refractivity contribution in [2.45, 2.75) is 0 Å². The van der Waals surface area contributed by atoms with E-state index in [1.807, 2.05) is 36.4 Å². The lowest BCUT2D eigenvalue weighted by Crippen LogP contribution is -1.88. The van der Waals surface area contributed by atoms with E-state index in [1.54, 1.807) is 12.4 Å². The second kappa shape index (κ2) is 4.85. The van der Waals surface area contributed by atoms with Crippen molar-refractivity contribution in [3.8, 4) is 22.4 Å². The molecule has 0 fully saturated rings. The van der Waals surface area contributed by atoms with Crippen molar-refractivity contribution in [2.24, 2.45) is 0 Å². The summed E-state index contributed by atoms with van der Waals surface area (Å²) in [5, 5.41) is 4.05. The van der Waals surface area contributed by atoms with Gasteiger partial charge in [-0.1, -0.05) is 39.3 Å². The van der Waals surface area contributed by atoms with Crippen LogP contribution in [0, 0.1) is 0 Å². The third kappa shape index (κ3) is 2.24. The van der Waals surface area contributed by atoms with Gasteiger partial charge in [-0.3, -0.25) is 4.98 Å². The van der Waals surface area contributed by atoms with Gasteiger partial charge < -0.3 is 10.3 Å². The molecule has 0 bridgehead atoms. The van der Waals surface area contributed by atoms with Gasteiger partial charge in [-0.05, 0) is 18.2 Å². The van der Waals surface area contributed by atoms with Crippen LogP contribution in [0.4, 0.5) is 5.88 Å². The first-order valence-electron chi connectivity index (χ1n) is 5.67. The number of nitrogens with two attached hydrogens (primary N) is 1. The molecule has 0 atom stereocenters. The Kier molecular flexibility index (Phi) is 3.05. The van der Waals surface area contributed by atoms with Crippen molar-refractivity contribution in [1.29, 1.82) is 0 Å². The maximum Gasteiger partial charge on any atom is 0.230 e. The molecule has 0 spiro atoms. The SMILES string of the molecule is Nc1onc(-c2cccc(Br)c2)c1-c1cccnc1. The summed E-state index contributed by atoms with van der Waals surface area (Å²) in [4.78, 5) is 4.10. The summed E-state index contributed by atoms with van der Waals surface area (Å²) in [7, 11) is 0. The first kappa shape index (κ1) is 11.9. The molecule has 3 rings (SSSR count). The Labute approximate surface area is 118 Å². The van der Waals surface area contributed by atoms with E-state index in [2.05, 4.69) is 26.1 Å². The van der Waals surface area contributed by atoms with Gasteiger partial charge in [-0.15, -0.1) is 0 Å². The summed E-state index contributed by atoms with van der Waals surface area (Å²) in [6, 6.07) is 11.6. The number of hydrogen-bond donors (Lipinski definition) is 1. The summed E-state index contributed by atoms with van der Waals surface area (Å²) in [6.07, 6.45) is 3.45. The molecular weight excluding hydrogens is 306 g/mol.